The number of imidazole rings is 1. The number of rotatable bonds is 1. The number of benzene rings is 1. The van der Waals surface area contributed by atoms with Crippen LogP contribution in [0, 0.1) is 6.33 Å². The summed E-state index contributed by atoms with van der Waals surface area (Å²) in [7, 11) is 0. The Morgan fingerprint density at radius 3 is 3.08 bits per heavy atom. The second kappa shape index (κ2) is 3.84. The molecule has 1 radical (unpaired) electrons. The molecule has 0 aliphatic rings. The summed E-state index contributed by atoms with van der Waals surface area (Å²) in [6.45, 7) is 2.14. The first-order valence-electron chi connectivity index (χ1n) is 3.75. The summed E-state index contributed by atoms with van der Waals surface area (Å²) in [6, 6.07) is 6.22. The Kier molecular flexibility index (Phi) is 3.02. The molecule has 1 heterocycles. The molecule has 3 heteroatoms. The standard InChI is InChI=1S/C9H9N2.Re/c1-2-7-3-4-8-9(5-7)11-6-10-8;/h3-5H,2H2,1H3,(H,10,11);/q-1;. The first kappa shape index (κ1) is 9.44. The molecule has 0 fully saturated rings. The number of aryl methyl sites for hydroxylation is 1. The van der Waals surface area contributed by atoms with Crippen LogP contribution in [0.4, 0.5) is 0 Å². The van der Waals surface area contributed by atoms with Crippen LogP contribution in [0.1, 0.15) is 12.5 Å². The fraction of sp³-hybridized carbons (Fsp3) is 0.222. The van der Waals surface area contributed by atoms with Gasteiger partial charge in [0.05, 0.1) is 0 Å². The van der Waals surface area contributed by atoms with Gasteiger partial charge in [0.2, 0.25) is 0 Å². The van der Waals surface area contributed by atoms with Gasteiger partial charge in [0, 0.05) is 20.4 Å². The molecule has 0 saturated carbocycles. The second-order valence-electron chi connectivity index (χ2n) is 2.55. The smallest absolute Gasteiger partial charge is 0 e. The fourth-order valence-electron chi connectivity index (χ4n) is 1.15. The Morgan fingerprint density at radius 1 is 1.50 bits per heavy atom. The average Bonchev–Trinajstić information content (AvgIpc) is 2.50. The first-order chi connectivity index (χ1) is 5.40. The fourth-order valence-corrected chi connectivity index (χ4v) is 1.15. The van der Waals surface area contributed by atoms with Crippen molar-refractivity contribution in [3.63, 3.8) is 0 Å². The third-order valence-electron chi connectivity index (χ3n) is 1.84. The number of fused-ring (bicyclic) bond motifs is 1. The largest absolute Gasteiger partial charge is 0.461 e. The molecular formula is C9H9N2Re-. The number of nitrogens with zero attached hydrogens (tertiary/aromatic N) is 1. The third kappa shape index (κ3) is 1.58. The number of hydrogen-bond donors (Lipinski definition) is 1. The van der Waals surface area contributed by atoms with Crippen LogP contribution in [-0.4, -0.2) is 9.97 Å². The molecule has 63 valence electrons. The SMILES string of the molecule is CCc1ccc2n[c-][nH]c2c1.[Re]. The predicted octanol–water partition coefficient (Wildman–Crippen LogP) is 1.92. The summed E-state index contributed by atoms with van der Waals surface area (Å²) in [5, 5.41) is 0. The van der Waals surface area contributed by atoms with Crippen molar-refractivity contribution in [1.29, 1.82) is 0 Å². The van der Waals surface area contributed by atoms with Gasteiger partial charge in [-0.25, -0.2) is 0 Å². The van der Waals surface area contributed by atoms with E-state index in [2.05, 4.69) is 35.4 Å². The summed E-state index contributed by atoms with van der Waals surface area (Å²) in [5.41, 5.74) is 3.39. The maximum atomic E-state index is 4.01. The molecule has 1 N–H and O–H groups in total. The Bertz CT molecular complexity index is 367. The van der Waals surface area contributed by atoms with E-state index in [4.69, 9.17) is 0 Å². The molecule has 1 aromatic heterocycles. The molecule has 12 heavy (non-hydrogen) atoms. The Labute approximate surface area is 85.1 Å². The zero-order valence-electron chi connectivity index (χ0n) is 6.76. The minimum atomic E-state index is 0. The van der Waals surface area contributed by atoms with E-state index in [1.54, 1.807) is 0 Å². The van der Waals surface area contributed by atoms with Crippen LogP contribution in [0.2, 0.25) is 0 Å². The van der Waals surface area contributed by atoms with E-state index in [0.717, 1.165) is 17.5 Å². The van der Waals surface area contributed by atoms with Crippen molar-refractivity contribution in [3.05, 3.63) is 30.1 Å². The molecule has 2 aromatic rings. The molecule has 0 bridgehead atoms. The van der Waals surface area contributed by atoms with Gasteiger partial charge >= 0.3 is 0 Å². The molecule has 0 aliphatic carbocycles. The zero-order chi connectivity index (χ0) is 7.68. The maximum absolute atomic E-state index is 4.01. The van der Waals surface area contributed by atoms with E-state index in [1.807, 2.05) is 6.07 Å². The van der Waals surface area contributed by atoms with Crippen LogP contribution < -0.4 is 0 Å². The number of nitrogens with one attached hydrogen (secondary N) is 1. The van der Waals surface area contributed by atoms with Gasteiger partial charge in [-0.3, -0.25) is 0 Å². The van der Waals surface area contributed by atoms with Crippen LogP contribution >= 0.6 is 0 Å². The molecule has 0 spiro atoms. The van der Waals surface area contributed by atoms with Crippen molar-refractivity contribution >= 4 is 11.0 Å². The first-order valence-corrected chi connectivity index (χ1v) is 3.75. The van der Waals surface area contributed by atoms with Crippen molar-refractivity contribution in [2.75, 3.05) is 0 Å². The van der Waals surface area contributed by atoms with Gasteiger partial charge in [0.25, 0.3) is 0 Å². The Morgan fingerprint density at radius 2 is 2.33 bits per heavy atom. The minimum absolute atomic E-state index is 0. The van der Waals surface area contributed by atoms with E-state index >= 15 is 0 Å². The molecule has 0 amide bonds. The van der Waals surface area contributed by atoms with Crippen molar-refractivity contribution in [1.82, 2.24) is 9.97 Å². The minimum Gasteiger partial charge on any atom is -0.461 e. The van der Waals surface area contributed by atoms with Gasteiger partial charge in [-0.2, -0.15) is 0 Å². The molecule has 1 aromatic carbocycles. The molecule has 2 nitrogen and oxygen atoms in total. The van der Waals surface area contributed by atoms with Crippen LogP contribution in [0.15, 0.2) is 18.2 Å². The summed E-state index contributed by atoms with van der Waals surface area (Å²) < 4.78 is 0. The molecule has 2 rings (SSSR count). The van der Waals surface area contributed by atoms with Crippen molar-refractivity contribution < 1.29 is 20.4 Å². The van der Waals surface area contributed by atoms with E-state index in [9.17, 15) is 0 Å². The summed E-state index contributed by atoms with van der Waals surface area (Å²) >= 11 is 0. The molecular weight excluding hydrogens is 322 g/mol. The number of H-pyrrole nitrogens is 1. The van der Waals surface area contributed by atoms with Crippen LogP contribution in [0.5, 0.6) is 0 Å². The molecule has 0 atom stereocenters. The Hall–Kier alpha value is -0.648. The van der Waals surface area contributed by atoms with E-state index in [1.165, 1.54) is 5.56 Å². The maximum Gasteiger partial charge on any atom is 0 e. The van der Waals surface area contributed by atoms with E-state index in [-0.39, 0.29) is 20.4 Å². The van der Waals surface area contributed by atoms with Crippen molar-refractivity contribution in [2.45, 2.75) is 13.3 Å². The summed E-state index contributed by atoms with van der Waals surface area (Å²) in [6.07, 6.45) is 3.78. The predicted molar refractivity (Wildman–Crippen MR) is 44.3 cm³/mol. The summed E-state index contributed by atoms with van der Waals surface area (Å²) in [5.74, 6) is 0. The molecule has 0 saturated heterocycles. The average molecular weight is 331 g/mol. The third-order valence-corrected chi connectivity index (χ3v) is 1.84. The zero-order valence-corrected chi connectivity index (χ0v) is 9.48. The van der Waals surface area contributed by atoms with Crippen molar-refractivity contribution in [3.8, 4) is 0 Å². The van der Waals surface area contributed by atoms with Gasteiger partial charge in [0.1, 0.15) is 0 Å². The van der Waals surface area contributed by atoms with Crippen LogP contribution in [-0.2, 0) is 26.8 Å². The van der Waals surface area contributed by atoms with Gasteiger partial charge in [-0.1, -0.05) is 29.6 Å². The van der Waals surface area contributed by atoms with Crippen LogP contribution in [0.3, 0.4) is 0 Å². The summed E-state index contributed by atoms with van der Waals surface area (Å²) in [4.78, 5) is 6.97. The normalized spacial score (nSPS) is 9.75. The monoisotopic (exact) mass is 332 g/mol. The molecule has 0 unspecified atom stereocenters. The number of hydrogen-bond acceptors (Lipinski definition) is 1. The van der Waals surface area contributed by atoms with E-state index in [0.29, 0.717) is 0 Å². The van der Waals surface area contributed by atoms with E-state index < -0.39 is 0 Å². The van der Waals surface area contributed by atoms with Gasteiger partial charge in [-0.15, -0.1) is 12.1 Å². The van der Waals surface area contributed by atoms with Gasteiger partial charge in [0.15, 0.2) is 0 Å². The van der Waals surface area contributed by atoms with Crippen LogP contribution in [0.25, 0.3) is 11.0 Å². The number of aromatic nitrogens is 2. The Balaban J connectivity index is 0.000000720. The van der Waals surface area contributed by atoms with Crippen molar-refractivity contribution in [2.24, 2.45) is 0 Å². The second-order valence-corrected chi connectivity index (χ2v) is 2.55. The quantitative estimate of drug-likeness (QED) is 0.795. The topological polar surface area (TPSA) is 28.7 Å². The van der Waals surface area contributed by atoms with Gasteiger partial charge < -0.3 is 9.97 Å². The van der Waals surface area contributed by atoms with Gasteiger partial charge in [-0.05, 0) is 12.7 Å². The molecule has 0 aliphatic heterocycles. The number of aromatic amines is 1.